The fourth-order valence-corrected chi connectivity index (χ4v) is 2.62. The SMILES string of the molecule is Cc1cc(C)c(NC(=O)/C(C#N)=C/c2ccc(OC(F)F)cc2)c(C)c1. The molecule has 0 bridgehead atoms. The summed E-state index contributed by atoms with van der Waals surface area (Å²) in [5.74, 6) is -0.526. The van der Waals surface area contributed by atoms with Crippen LogP contribution in [0.1, 0.15) is 22.3 Å². The first kappa shape index (κ1) is 19.1. The van der Waals surface area contributed by atoms with Crippen molar-refractivity contribution in [3.8, 4) is 11.8 Å². The molecule has 0 spiro atoms. The van der Waals surface area contributed by atoms with Gasteiger partial charge in [-0.3, -0.25) is 4.79 Å². The predicted octanol–water partition coefficient (Wildman–Crippen LogP) is 4.76. The van der Waals surface area contributed by atoms with E-state index in [1.165, 1.54) is 30.3 Å². The molecule has 0 atom stereocenters. The molecule has 134 valence electrons. The van der Waals surface area contributed by atoms with Crippen molar-refractivity contribution < 1.29 is 18.3 Å². The zero-order chi connectivity index (χ0) is 19.3. The lowest BCUT2D eigenvalue weighted by molar-refractivity contribution is -0.112. The first-order chi connectivity index (χ1) is 12.3. The Balaban J connectivity index is 2.21. The van der Waals surface area contributed by atoms with Crippen LogP contribution in [0.15, 0.2) is 42.0 Å². The molecule has 0 unspecified atom stereocenters. The van der Waals surface area contributed by atoms with E-state index in [4.69, 9.17) is 0 Å². The number of aryl methyl sites for hydroxylation is 3. The van der Waals surface area contributed by atoms with Crippen molar-refractivity contribution in [3.63, 3.8) is 0 Å². The lowest BCUT2D eigenvalue weighted by Crippen LogP contribution is -2.15. The highest BCUT2D eigenvalue weighted by Crippen LogP contribution is 2.23. The van der Waals surface area contributed by atoms with Crippen LogP contribution in [0, 0.1) is 32.1 Å². The van der Waals surface area contributed by atoms with Gasteiger partial charge >= 0.3 is 6.61 Å². The van der Waals surface area contributed by atoms with Gasteiger partial charge in [0.25, 0.3) is 5.91 Å². The third kappa shape index (κ3) is 4.90. The number of nitrogens with one attached hydrogen (secondary N) is 1. The van der Waals surface area contributed by atoms with Gasteiger partial charge in [0, 0.05) is 5.69 Å². The number of nitrogens with zero attached hydrogens (tertiary/aromatic N) is 1. The first-order valence-corrected chi connectivity index (χ1v) is 7.86. The number of hydrogen-bond donors (Lipinski definition) is 1. The zero-order valence-corrected chi connectivity index (χ0v) is 14.6. The van der Waals surface area contributed by atoms with Gasteiger partial charge in [-0.2, -0.15) is 14.0 Å². The number of ether oxygens (including phenoxy) is 1. The van der Waals surface area contributed by atoms with Crippen molar-refractivity contribution in [2.24, 2.45) is 0 Å². The van der Waals surface area contributed by atoms with Gasteiger partial charge in [-0.25, -0.2) is 0 Å². The van der Waals surface area contributed by atoms with Crippen LogP contribution >= 0.6 is 0 Å². The molecule has 26 heavy (non-hydrogen) atoms. The minimum atomic E-state index is -2.90. The molecule has 2 aromatic carbocycles. The highest BCUT2D eigenvalue weighted by molar-refractivity contribution is 6.10. The Hall–Kier alpha value is -3.20. The molecule has 2 rings (SSSR count). The molecule has 2 aromatic rings. The van der Waals surface area contributed by atoms with Gasteiger partial charge in [0.1, 0.15) is 17.4 Å². The number of anilines is 1. The number of alkyl halides is 2. The standard InChI is InChI=1S/C20H18F2N2O2/c1-12-8-13(2)18(14(3)9-12)24-19(25)16(11-23)10-15-4-6-17(7-5-15)26-20(21)22/h4-10,20H,1-3H3,(H,24,25)/b16-10+. The van der Waals surface area contributed by atoms with Crippen LogP contribution in [-0.4, -0.2) is 12.5 Å². The van der Waals surface area contributed by atoms with E-state index in [-0.39, 0.29) is 11.3 Å². The number of amides is 1. The normalized spacial score (nSPS) is 11.2. The smallest absolute Gasteiger partial charge is 0.387 e. The Kier molecular flexibility index (Phi) is 6.07. The molecule has 4 nitrogen and oxygen atoms in total. The van der Waals surface area contributed by atoms with Crippen LogP contribution in [0.3, 0.4) is 0 Å². The number of benzene rings is 2. The van der Waals surface area contributed by atoms with Crippen LogP contribution in [-0.2, 0) is 4.79 Å². The van der Waals surface area contributed by atoms with Crippen molar-refractivity contribution in [1.29, 1.82) is 5.26 Å². The fraction of sp³-hybridized carbons (Fsp3) is 0.200. The quantitative estimate of drug-likeness (QED) is 0.621. The van der Waals surface area contributed by atoms with E-state index >= 15 is 0 Å². The average Bonchev–Trinajstić information content (AvgIpc) is 2.56. The second kappa shape index (κ2) is 8.26. The van der Waals surface area contributed by atoms with Crippen molar-refractivity contribution in [2.45, 2.75) is 27.4 Å². The second-order valence-electron chi connectivity index (χ2n) is 5.85. The summed E-state index contributed by atoms with van der Waals surface area (Å²) >= 11 is 0. The maximum absolute atomic E-state index is 12.4. The van der Waals surface area contributed by atoms with Crippen LogP contribution in [0.2, 0.25) is 0 Å². The van der Waals surface area contributed by atoms with Crippen LogP contribution in [0.25, 0.3) is 6.08 Å². The Morgan fingerprint density at radius 2 is 1.73 bits per heavy atom. The molecular weight excluding hydrogens is 338 g/mol. The molecule has 0 fully saturated rings. The summed E-state index contributed by atoms with van der Waals surface area (Å²) in [4.78, 5) is 12.4. The number of nitriles is 1. The van der Waals surface area contributed by atoms with Crippen LogP contribution in [0.5, 0.6) is 5.75 Å². The molecule has 1 N–H and O–H groups in total. The maximum Gasteiger partial charge on any atom is 0.387 e. The third-order valence-corrected chi connectivity index (χ3v) is 3.70. The second-order valence-corrected chi connectivity index (χ2v) is 5.85. The lowest BCUT2D eigenvalue weighted by Gasteiger charge is -2.12. The van der Waals surface area contributed by atoms with E-state index in [0.29, 0.717) is 11.3 Å². The molecule has 0 aliphatic carbocycles. The molecule has 0 heterocycles. The van der Waals surface area contributed by atoms with Gasteiger partial charge in [0.05, 0.1) is 0 Å². The monoisotopic (exact) mass is 356 g/mol. The average molecular weight is 356 g/mol. The number of halogens is 2. The minimum absolute atomic E-state index is 0.00557. The fourth-order valence-electron chi connectivity index (χ4n) is 2.62. The Morgan fingerprint density at radius 1 is 1.15 bits per heavy atom. The third-order valence-electron chi connectivity index (χ3n) is 3.70. The van der Waals surface area contributed by atoms with E-state index in [2.05, 4.69) is 10.1 Å². The summed E-state index contributed by atoms with van der Waals surface area (Å²) in [6.07, 6.45) is 1.39. The Labute approximate surface area is 150 Å². The number of hydrogen-bond acceptors (Lipinski definition) is 3. The van der Waals surface area contributed by atoms with Gasteiger partial charge in [0.2, 0.25) is 0 Å². The van der Waals surface area contributed by atoms with Gasteiger partial charge in [-0.05, 0) is 55.7 Å². The lowest BCUT2D eigenvalue weighted by atomic mass is 10.0. The molecule has 0 aromatic heterocycles. The molecule has 0 aliphatic heterocycles. The molecule has 1 amide bonds. The number of carbonyl (C=O) groups excluding carboxylic acids is 1. The highest BCUT2D eigenvalue weighted by Gasteiger charge is 2.13. The largest absolute Gasteiger partial charge is 0.435 e. The highest BCUT2D eigenvalue weighted by atomic mass is 19.3. The van der Waals surface area contributed by atoms with Crippen molar-refractivity contribution in [1.82, 2.24) is 0 Å². The summed E-state index contributed by atoms with van der Waals surface area (Å²) in [5, 5.41) is 12.0. The Morgan fingerprint density at radius 3 is 2.23 bits per heavy atom. The molecule has 0 saturated carbocycles. The topological polar surface area (TPSA) is 62.1 Å². The van der Waals surface area contributed by atoms with Gasteiger partial charge in [0.15, 0.2) is 0 Å². The predicted molar refractivity (Wildman–Crippen MR) is 95.9 cm³/mol. The number of rotatable bonds is 5. The zero-order valence-electron chi connectivity index (χ0n) is 14.6. The molecule has 0 aliphatic rings. The Bertz CT molecular complexity index is 859. The first-order valence-electron chi connectivity index (χ1n) is 7.86. The van der Waals surface area contributed by atoms with Crippen LogP contribution in [0.4, 0.5) is 14.5 Å². The van der Waals surface area contributed by atoms with E-state index in [0.717, 1.165) is 16.7 Å². The van der Waals surface area contributed by atoms with E-state index in [1.807, 2.05) is 39.0 Å². The van der Waals surface area contributed by atoms with Gasteiger partial charge < -0.3 is 10.1 Å². The summed E-state index contributed by atoms with van der Waals surface area (Å²) in [6.45, 7) is 2.83. The molecule has 0 saturated heterocycles. The summed E-state index contributed by atoms with van der Waals surface area (Å²) in [7, 11) is 0. The van der Waals surface area contributed by atoms with Gasteiger partial charge in [-0.1, -0.05) is 29.8 Å². The molecule has 6 heteroatoms. The van der Waals surface area contributed by atoms with E-state index in [9.17, 15) is 18.8 Å². The summed E-state index contributed by atoms with van der Waals surface area (Å²) in [6, 6.07) is 11.4. The molecule has 0 radical (unpaired) electrons. The van der Waals surface area contributed by atoms with Crippen molar-refractivity contribution in [2.75, 3.05) is 5.32 Å². The molecular formula is C20H18F2N2O2. The summed E-state index contributed by atoms with van der Waals surface area (Å²) < 4.78 is 28.6. The number of carbonyl (C=O) groups is 1. The van der Waals surface area contributed by atoms with Crippen molar-refractivity contribution in [3.05, 3.63) is 64.2 Å². The summed E-state index contributed by atoms with van der Waals surface area (Å²) in [5.41, 5.74) is 3.99. The maximum atomic E-state index is 12.4. The van der Waals surface area contributed by atoms with E-state index < -0.39 is 12.5 Å². The minimum Gasteiger partial charge on any atom is -0.435 e. The van der Waals surface area contributed by atoms with E-state index in [1.54, 1.807) is 0 Å². The van der Waals surface area contributed by atoms with Crippen molar-refractivity contribution >= 4 is 17.7 Å². The van der Waals surface area contributed by atoms with Crippen LogP contribution < -0.4 is 10.1 Å². The van der Waals surface area contributed by atoms with Gasteiger partial charge in [-0.15, -0.1) is 0 Å².